The zero-order valence-corrected chi connectivity index (χ0v) is 11.1. The average Bonchev–Trinajstić information content (AvgIpc) is 3.11. The van der Waals surface area contributed by atoms with E-state index in [2.05, 4.69) is 44.5 Å². The summed E-state index contributed by atoms with van der Waals surface area (Å²) >= 11 is 0. The van der Waals surface area contributed by atoms with Crippen LogP contribution in [0.15, 0.2) is 36.7 Å². The number of benzene rings is 1. The van der Waals surface area contributed by atoms with E-state index in [0.29, 0.717) is 0 Å². The van der Waals surface area contributed by atoms with Crippen LogP contribution in [-0.4, -0.2) is 28.0 Å². The van der Waals surface area contributed by atoms with Crippen molar-refractivity contribution in [3.8, 4) is 0 Å². The monoisotopic (exact) mass is 256 g/mol. The van der Waals surface area contributed by atoms with Gasteiger partial charge in [0.1, 0.15) is 5.82 Å². The van der Waals surface area contributed by atoms with Crippen molar-refractivity contribution in [3.63, 3.8) is 0 Å². The fourth-order valence-corrected chi connectivity index (χ4v) is 2.51. The zero-order chi connectivity index (χ0) is 12.9. The number of hydrogen-bond acceptors (Lipinski definition) is 3. The highest BCUT2D eigenvalue weighted by atomic mass is 15.1. The maximum absolute atomic E-state index is 4.19. The first-order chi connectivity index (χ1) is 9.40. The van der Waals surface area contributed by atoms with Gasteiger partial charge in [-0.1, -0.05) is 12.1 Å². The van der Waals surface area contributed by atoms with E-state index >= 15 is 0 Å². The lowest BCUT2D eigenvalue weighted by atomic mass is 10.2. The Morgan fingerprint density at radius 1 is 1.16 bits per heavy atom. The molecule has 2 aromatic rings. The Balaban J connectivity index is 1.53. The first-order valence-electron chi connectivity index (χ1n) is 6.93. The maximum Gasteiger partial charge on any atom is 0.125 e. The zero-order valence-electron chi connectivity index (χ0n) is 11.1. The molecule has 2 N–H and O–H groups in total. The molecule has 1 aliphatic rings. The number of aromatic nitrogens is 2. The second-order valence-corrected chi connectivity index (χ2v) is 5.07. The van der Waals surface area contributed by atoms with E-state index in [1.165, 1.54) is 31.5 Å². The van der Waals surface area contributed by atoms with Gasteiger partial charge in [0.05, 0.1) is 6.54 Å². The number of nitrogens with one attached hydrogen (secondary N) is 2. The van der Waals surface area contributed by atoms with Crippen LogP contribution < -0.4 is 5.32 Å². The largest absolute Gasteiger partial charge is 0.378 e. The molecule has 0 aliphatic carbocycles. The van der Waals surface area contributed by atoms with Gasteiger partial charge in [0.2, 0.25) is 0 Å². The highest BCUT2D eigenvalue weighted by molar-refractivity contribution is 5.44. The van der Waals surface area contributed by atoms with Crippen LogP contribution in [0.2, 0.25) is 0 Å². The first-order valence-corrected chi connectivity index (χ1v) is 6.93. The molecule has 0 amide bonds. The van der Waals surface area contributed by atoms with Crippen molar-refractivity contribution in [1.82, 2.24) is 14.9 Å². The summed E-state index contributed by atoms with van der Waals surface area (Å²) in [5, 5.41) is 3.36. The minimum absolute atomic E-state index is 0.735. The van der Waals surface area contributed by atoms with Crippen molar-refractivity contribution < 1.29 is 0 Å². The lowest BCUT2D eigenvalue weighted by Gasteiger charge is -2.14. The van der Waals surface area contributed by atoms with Crippen LogP contribution in [0.25, 0.3) is 0 Å². The van der Waals surface area contributed by atoms with E-state index in [0.717, 1.165) is 24.6 Å². The molecule has 4 heteroatoms. The van der Waals surface area contributed by atoms with E-state index in [1.54, 1.807) is 6.20 Å². The molecule has 1 aliphatic heterocycles. The van der Waals surface area contributed by atoms with Gasteiger partial charge in [-0.05, 0) is 43.6 Å². The predicted molar refractivity (Wildman–Crippen MR) is 76.9 cm³/mol. The van der Waals surface area contributed by atoms with Crippen LogP contribution in [0.1, 0.15) is 24.2 Å². The molecular formula is C15H20N4. The summed E-state index contributed by atoms with van der Waals surface area (Å²) in [4.78, 5) is 9.80. The number of H-pyrrole nitrogens is 1. The second-order valence-electron chi connectivity index (χ2n) is 5.07. The summed E-state index contributed by atoms with van der Waals surface area (Å²) in [5.41, 5.74) is 2.53. The third-order valence-electron chi connectivity index (χ3n) is 3.57. The second kappa shape index (κ2) is 5.89. The van der Waals surface area contributed by atoms with Gasteiger partial charge >= 0.3 is 0 Å². The Morgan fingerprint density at radius 3 is 2.63 bits per heavy atom. The summed E-state index contributed by atoms with van der Waals surface area (Å²) in [5.74, 6) is 0.959. The molecule has 1 aromatic carbocycles. The summed E-state index contributed by atoms with van der Waals surface area (Å²) < 4.78 is 0. The normalized spacial score (nSPS) is 15.8. The number of imidazole rings is 1. The van der Waals surface area contributed by atoms with Gasteiger partial charge in [-0.25, -0.2) is 4.98 Å². The van der Waals surface area contributed by atoms with E-state index in [9.17, 15) is 0 Å². The van der Waals surface area contributed by atoms with Crippen molar-refractivity contribution in [2.45, 2.75) is 25.9 Å². The molecular weight excluding hydrogens is 236 g/mol. The maximum atomic E-state index is 4.19. The molecule has 4 nitrogen and oxygen atoms in total. The molecule has 0 spiro atoms. The number of rotatable bonds is 5. The van der Waals surface area contributed by atoms with E-state index < -0.39 is 0 Å². The molecule has 1 aromatic heterocycles. The summed E-state index contributed by atoms with van der Waals surface area (Å²) in [6, 6.07) is 8.72. The quantitative estimate of drug-likeness (QED) is 0.864. The topological polar surface area (TPSA) is 44.0 Å². The van der Waals surface area contributed by atoms with Gasteiger partial charge in [-0.2, -0.15) is 0 Å². The van der Waals surface area contributed by atoms with Crippen LogP contribution in [0.3, 0.4) is 0 Å². The molecule has 1 fully saturated rings. The minimum Gasteiger partial charge on any atom is -0.378 e. The van der Waals surface area contributed by atoms with Gasteiger partial charge in [-0.3, -0.25) is 4.90 Å². The van der Waals surface area contributed by atoms with Gasteiger partial charge in [-0.15, -0.1) is 0 Å². The molecule has 0 atom stereocenters. The lowest BCUT2D eigenvalue weighted by molar-refractivity contribution is 0.331. The van der Waals surface area contributed by atoms with Crippen LogP contribution in [0.4, 0.5) is 5.69 Å². The standard InChI is InChI=1S/C15H20N4/c1-2-10-19(9-1)12-13-3-5-14(6-4-13)18-11-15-16-7-8-17-15/h3-8,18H,1-2,9-12H2,(H,16,17). The molecule has 0 bridgehead atoms. The van der Waals surface area contributed by atoms with E-state index in [4.69, 9.17) is 0 Å². The van der Waals surface area contributed by atoms with Gasteiger partial charge in [0.15, 0.2) is 0 Å². The van der Waals surface area contributed by atoms with Gasteiger partial charge in [0.25, 0.3) is 0 Å². The third kappa shape index (κ3) is 3.35. The SMILES string of the molecule is c1c[nH]c(CNc2ccc(CN3CCCC3)cc2)n1. The van der Waals surface area contributed by atoms with Crippen molar-refractivity contribution in [2.24, 2.45) is 0 Å². The summed E-state index contributed by atoms with van der Waals surface area (Å²) in [6.45, 7) is 4.31. The average molecular weight is 256 g/mol. The van der Waals surface area contributed by atoms with Crippen molar-refractivity contribution in [3.05, 3.63) is 48.0 Å². The number of anilines is 1. The fourth-order valence-electron chi connectivity index (χ4n) is 2.51. The highest BCUT2D eigenvalue weighted by Gasteiger charge is 2.11. The molecule has 1 saturated heterocycles. The Bertz CT molecular complexity index is 483. The van der Waals surface area contributed by atoms with E-state index in [1.807, 2.05) is 6.20 Å². The Kier molecular flexibility index (Phi) is 3.79. The lowest BCUT2D eigenvalue weighted by Crippen LogP contribution is -2.18. The van der Waals surface area contributed by atoms with Gasteiger partial charge < -0.3 is 10.3 Å². The minimum atomic E-state index is 0.735. The van der Waals surface area contributed by atoms with Crippen molar-refractivity contribution in [1.29, 1.82) is 0 Å². The molecule has 19 heavy (non-hydrogen) atoms. The van der Waals surface area contributed by atoms with Crippen LogP contribution >= 0.6 is 0 Å². The van der Waals surface area contributed by atoms with Gasteiger partial charge in [0, 0.05) is 24.6 Å². The molecule has 3 rings (SSSR count). The molecule has 2 heterocycles. The van der Waals surface area contributed by atoms with E-state index in [-0.39, 0.29) is 0 Å². The fraction of sp³-hybridized carbons (Fsp3) is 0.400. The first kappa shape index (κ1) is 12.2. The number of nitrogens with zero attached hydrogens (tertiary/aromatic N) is 2. The smallest absolute Gasteiger partial charge is 0.125 e. The van der Waals surface area contributed by atoms with Crippen LogP contribution in [0, 0.1) is 0 Å². The Labute approximate surface area is 113 Å². The molecule has 0 unspecified atom stereocenters. The van der Waals surface area contributed by atoms with Crippen molar-refractivity contribution >= 4 is 5.69 Å². The summed E-state index contributed by atoms with van der Waals surface area (Å²) in [6.07, 6.45) is 6.32. The Hall–Kier alpha value is -1.81. The third-order valence-corrected chi connectivity index (χ3v) is 3.57. The molecule has 0 saturated carbocycles. The number of hydrogen-bond donors (Lipinski definition) is 2. The predicted octanol–water partition coefficient (Wildman–Crippen LogP) is 2.62. The summed E-state index contributed by atoms with van der Waals surface area (Å²) in [7, 11) is 0. The number of likely N-dealkylation sites (tertiary alicyclic amines) is 1. The van der Waals surface area contributed by atoms with Crippen LogP contribution in [0.5, 0.6) is 0 Å². The molecule has 100 valence electrons. The number of aromatic amines is 1. The van der Waals surface area contributed by atoms with Crippen LogP contribution in [-0.2, 0) is 13.1 Å². The molecule has 0 radical (unpaired) electrons. The Morgan fingerprint density at radius 2 is 1.95 bits per heavy atom. The van der Waals surface area contributed by atoms with Crippen molar-refractivity contribution in [2.75, 3.05) is 18.4 Å². The highest BCUT2D eigenvalue weighted by Crippen LogP contribution is 2.15.